The zero-order chi connectivity index (χ0) is 33.4. The van der Waals surface area contributed by atoms with E-state index >= 15 is 0 Å². The fourth-order valence-corrected chi connectivity index (χ4v) is 5.50. The molecule has 0 spiro atoms. The van der Waals surface area contributed by atoms with Crippen molar-refractivity contribution in [3.8, 4) is 23.0 Å². The first-order valence-corrected chi connectivity index (χ1v) is 15.7. The van der Waals surface area contributed by atoms with Crippen molar-refractivity contribution in [1.82, 2.24) is 15.3 Å². The van der Waals surface area contributed by atoms with Crippen LogP contribution in [0.15, 0.2) is 91.5 Å². The van der Waals surface area contributed by atoms with Crippen LogP contribution < -0.4 is 24.3 Å². The Morgan fingerprint density at radius 2 is 1.32 bits per heavy atom. The molecule has 248 valence electrons. The summed E-state index contributed by atoms with van der Waals surface area (Å²) in [4.78, 5) is 36.3. The minimum Gasteiger partial charge on any atom is -0.493 e. The van der Waals surface area contributed by atoms with Crippen LogP contribution in [-0.2, 0) is 27.2 Å². The molecular weight excluding hydrogens is 598 g/mol. The fraction of sp³-hybridized carbons (Fsp3) is 0.351. The lowest BCUT2D eigenvalue weighted by Gasteiger charge is -2.27. The third kappa shape index (κ3) is 10.0. The Bertz CT molecular complexity index is 1470. The van der Waals surface area contributed by atoms with Crippen LogP contribution in [0.1, 0.15) is 48.3 Å². The largest absolute Gasteiger partial charge is 0.493 e. The first-order valence-electron chi connectivity index (χ1n) is 15.7. The van der Waals surface area contributed by atoms with E-state index in [1.165, 1.54) is 33.5 Å². The molecule has 0 amide bonds. The Hall–Kier alpha value is -4.96. The Labute approximate surface area is 276 Å². The predicted octanol–water partition coefficient (Wildman–Crippen LogP) is 5.74. The van der Waals surface area contributed by atoms with Gasteiger partial charge in [0.1, 0.15) is 23.8 Å². The van der Waals surface area contributed by atoms with Crippen LogP contribution in [-0.4, -0.2) is 62.4 Å². The predicted molar refractivity (Wildman–Crippen MR) is 178 cm³/mol. The second kappa shape index (κ2) is 18.3. The third-order valence-corrected chi connectivity index (χ3v) is 7.88. The average Bonchev–Trinajstić information content (AvgIpc) is 3.11. The summed E-state index contributed by atoms with van der Waals surface area (Å²) in [6.45, 7) is 0. The molecule has 2 unspecified atom stereocenters. The van der Waals surface area contributed by atoms with Gasteiger partial charge in [-0.05, 0) is 74.4 Å². The lowest BCUT2D eigenvalue weighted by molar-refractivity contribution is -0.155. The molecule has 0 aliphatic carbocycles. The number of carbonyl (C=O) groups is 2. The molecule has 0 radical (unpaired) electrons. The highest BCUT2D eigenvalue weighted by molar-refractivity contribution is 5.90. The highest BCUT2D eigenvalue weighted by Gasteiger charge is 2.38. The molecule has 0 aliphatic heterocycles. The van der Waals surface area contributed by atoms with Gasteiger partial charge >= 0.3 is 11.9 Å². The summed E-state index contributed by atoms with van der Waals surface area (Å²) in [7, 11) is 6.06. The van der Waals surface area contributed by atoms with Crippen LogP contribution in [0.4, 0.5) is 0 Å². The minimum atomic E-state index is -1.06. The Morgan fingerprint density at radius 1 is 0.745 bits per heavy atom. The quantitative estimate of drug-likeness (QED) is 0.107. The van der Waals surface area contributed by atoms with Gasteiger partial charge in [0.15, 0.2) is 11.5 Å². The number of aromatic nitrogens is 2. The normalized spacial score (nSPS) is 12.2. The number of hydrogen-bond donors (Lipinski definition) is 1. The van der Waals surface area contributed by atoms with E-state index in [0.29, 0.717) is 35.7 Å². The number of nitrogens with one attached hydrogen (secondary N) is 1. The van der Waals surface area contributed by atoms with Crippen LogP contribution in [0.5, 0.6) is 23.0 Å². The van der Waals surface area contributed by atoms with Gasteiger partial charge in [-0.3, -0.25) is 14.8 Å². The van der Waals surface area contributed by atoms with E-state index in [2.05, 4.69) is 15.3 Å². The van der Waals surface area contributed by atoms with Crippen LogP contribution in [0, 0.1) is 0 Å². The lowest BCUT2D eigenvalue weighted by Crippen LogP contribution is -2.46. The first kappa shape index (κ1) is 34.9. The van der Waals surface area contributed by atoms with Crippen molar-refractivity contribution in [2.75, 3.05) is 28.4 Å². The number of esters is 2. The van der Waals surface area contributed by atoms with E-state index in [4.69, 9.17) is 23.7 Å². The summed E-state index contributed by atoms with van der Waals surface area (Å²) >= 11 is 0. The van der Waals surface area contributed by atoms with Gasteiger partial charge in [0.05, 0.1) is 21.3 Å². The monoisotopic (exact) mass is 641 g/mol. The van der Waals surface area contributed by atoms with E-state index in [0.717, 1.165) is 36.8 Å². The maximum Gasteiger partial charge on any atom is 0.329 e. The molecule has 10 heteroatoms. The zero-order valence-corrected chi connectivity index (χ0v) is 27.4. The molecule has 4 aromatic rings. The molecule has 2 atom stereocenters. The standard InChI is InChI=1S/C37H43N3O7/c1-38-34(37(42)47-30-22-31(43-2)35(45-4)32(23-30)44-3)33(28-16-6-5-7-17-28)36(41)46-29(18-8-12-26-14-10-20-39-24-26)19-9-13-27-15-11-21-40-25-27/h5-7,10-11,14-17,20-25,29,33-34,38H,8-9,12-13,18-19H2,1-4H3. The van der Waals surface area contributed by atoms with Crippen LogP contribution >= 0.6 is 0 Å². The second-order valence-corrected chi connectivity index (χ2v) is 11.0. The Morgan fingerprint density at radius 3 is 1.79 bits per heavy atom. The number of likely N-dealkylation sites (N-methyl/N-ethyl adjacent to an activating group) is 1. The molecule has 0 aliphatic rings. The van der Waals surface area contributed by atoms with Crippen molar-refractivity contribution >= 4 is 11.9 Å². The van der Waals surface area contributed by atoms with Gasteiger partial charge < -0.3 is 29.0 Å². The molecule has 0 bridgehead atoms. The summed E-state index contributed by atoms with van der Waals surface area (Å²) in [5, 5.41) is 3.01. The summed E-state index contributed by atoms with van der Waals surface area (Å²) in [5.74, 6) is -0.958. The fourth-order valence-electron chi connectivity index (χ4n) is 5.50. The van der Waals surface area contributed by atoms with E-state index in [1.54, 1.807) is 19.4 Å². The highest BCUT2D eigenvalue weighted by atomic mass is 16.6. The molecule has 2 aromatic heterocycles. The van der Waals surface area contributed by atoms with E-state index in [-0.39, 0.29) is 11.9 Å². The lowest BCUT2D eigenvalue weighted by atomic mass is 9.91. The summed E-state index contributed by atoms with van der Waals surface area (Å²) in [5.41, 5.74) is 2.88. The molecule has 47 heavy (non-hydrogen) atoms. The van der Waals surface area contributed by atoms with Crippen molar-refractivity contribution in [3.05, 3.63) is 108 Å². The summed E-state index contributed by atoms with van der Waals surface area (Å²) < 4.78 is 28.3. The molecule has 0 saturated carbocycles. The van der Waals surface area contributed by atoms with Gasteiger partial charge in [-0.15, -0.1) is 0 Å². The van der Waals surface area contributed by atoms with Crippen LogP contribution in [0.3, 0.4) is 0 Å². The number of benzene rings is 2. The number of rotatable bonds is 18. The van der Waals surface area contributed by atoms with E-state index in [1.807, 2.05) is 67.0 Å². The summed E-state index contributed by atoms with van der Waals surface area (Å²) in [6, 6.07) is 19.0. The van der Waals surface area contributed by atoms with Crippen molar-refractivity contribution in [1.29, 1.82) is 0 Å². The molecule has 0 fully saturated rings. The van der Waals surface area contributed by atoms with Gasteiger partial charge in [-0.25, -0.2) is 4.79 Å². The number of methoxy groups -OCH3 is 3. The molecule has 0 saturated heterocycles. The van der Waals surface area contributed by atoms with Gasteiger partial charge in [0.2, 0.25) is 5.75 Å². The van der Waals surface area contributed by atoms with Crippen LogP contribution in [0.2, 0.25) is 0 Å². The molecular formula is C37H43N3O7. The topological polar surface area (TPSA) is 118 Å². The summed E-state index contributed by atoms with van der Waals surface area (Å²) in [6.07, 6.45) is 11.4. The van der Waals surface area contributed by atoms with Gasteiger partial charge in [-0.1, -0.05) is 42.5 Å². The Kier molecular flexibility index (Phi) is 13.6. The van der Waals surface area contributed by atoms with Crippen molar-refractivity contribution in [3.63, 3.8) is 0 Å². The van der Waals surface area contributed by atoms with Crippen molar-refractivity contribution in [2.45, 2.75) is 56.6 Å². The van der Waals surface area contributed by atoms with Crippen molar-refractivity contribution in [2.24, 2.45) is 0 Å². The van der Waals surface area contributed by atoms with E-state index in [9.17, 15) is 9.59 Å². The minimum absolute atomic E-state index is 0.175. The maximum atomic E-state index is 14.1. The van der Waals surface area contributed by atoms with Crippen LogP contribution in [0.25, 0.3) is 0 Å². The Balaban J connectivity index is 1.54. The van der Waals surface area contributed by atoms with Gasteiger partial charge in [-0.2, -0.15) is 0 Å². The molecule has 10 nitrogen and oxygen atoms in total. The van der Waals surface area contributed by atoms with Gasteiger partial charge in [0.25, 0.3) is 0 Å². The SMILES string of the molecule is CNC(C(=O)Oc1cc(OC)c(OC)c(OC)c1)C(C(=O)OC(CCCc1cccnc1)CCCc1cccnc1)c1ccccc1. The maximum absolute atomic E-state index is 14.1. The molecule has 2 heterocycles. The number of carbonyl (C=O) groups excluding carboxylic acids is 2. The van der Waals surface area contributed by atoms with Crippen molar-refractivity contribution < 1.29 is 33.3 Å². The third-order valence-electron chi connectivity index (χ3n) is 7.88. The van der Waals surface area contributed by atoms with Gasteiger partial charge in [0, 0.05) is 36.9 Å². The number of aryl methyl sites for hydroxylation is 2. The van der Waals surface area contributed by atoms with E-state index < -0.39 is 23.9 Å². The first-order chi connectivity index (χ1) is 23.0. The number of nitrogens with zero attached hydrogens (tertiary/aromatic N) is 2. The molecule has 4 rings (SSSR count). The molecule has 2 aromatic carbocycles. The second-order valence-electron chi connectivity index (χ2n) is 11.0. The molecule has 1 N–H and O–H groups in total. The smallest absolute Gasteiger partial charge is 0.329 e. The number of hydrogen-bond acceptors (Lipinski definition) is 10. The number of pyridine rings is 2. The highest BCUT2D eigenvalue weighted by Crippen LogP contribution is 2.41. The number of ether oxygens (including phenoxy) is 5. The zero-order valence-electron chi connectivity index (χ0n) is 27.4. The average molecular weight is 642 g/mol.